The molecule has 0 spiro atoms. The lowest BCUT2D eigenvalue weighted by atomic mass is 10.0. The number of phenolic OH excluding ortho intramolecular Hbond substituents is 1. The van der Waals surface area contributed by atoms with E-state index < -0.39 is 0 Å². The van der Waals surface area contributed by atoms with Gasteiger partial charge in [-0.25, -0.2) is 0 Å². The van der Waals surface area contributed by atoms with Crippen LogP contribution < -0.4 is 5.73 Å². The summed E-state index contributed by atoms with van der Waals surface area (Å²) < 4.78 is 0. The van der Waals surface area contributed by atoms with Gasteiger partial charge >= 0.3 is 0 Å². The SMILES string of the molecule is C=CCc1cc([C@H](C)N)ccc1O. The van der Waals surface area contributed by atoms with Gasteiger partial charge in [0.1, 0.15) is 5.75 Å². The zero-order valence-electron chi connectivity index (χ0n) is 7.83. The van der Waals surface area contributed by atoms with Crippen LogP contribution in [-0.4, -0.2) is 5.11 Å². The van der Waals surface area contributed by atoms with Crippen LogP contribution in [0.4, 0.5) is 0 Å². The van der Waals surface area contributed by atoms with Crippen LogP contribution in [0, 0.1) is 0 Å². The van der Waals surface area contributed by atoms with Crippen LogP contribution in [0.15, 0.2) is 30.9 Å². The molecular weight excluding hydrogens is 162 g/mol. The van der Waals surface area contributed by atoms with E-state index in [-0.39, 0.29) is 6.04 Å². The highest BCUT2D eigenvalue weighted by molar-refractivity contribution is 5.38. The Morgan fingerprint density at radius 2 is 2.31 bits per heavy atom. The summed E-state index contributed by atoms with van der Waals surface area (Å²) in [6.45, 7) is 5.55. The smallest absolute Gasteiger partial charge is 0.119 e. The van der Waals surface area contributed by atoms with Gasteiger partial charge in [-0.15, -0.1) is 6.58 Å². The van der Waals surface area contributed by atoms with Crippen molar-refractivity contribution in [2.75, 3.05) is 0 Å². The molecule has 0 aromatic heterocycles. The summed E-state index contributed by atoms with van der Waals surface area (Å²) in [5.74, 6) is 0.310. The maximum atomic E-state index is 9.46. The summed E-state index contributed by atoms with van der Waals surface area (Å²) in [6.07, 6.45) is 2.44. The predicted octanol–water partition coefficient (Wildman–Crippen LogP) is 2.14. The van der Waals surface area contributed by atoms with Crippen LogP contribution in [0.3, 0.4) is 0 Å². The monoisotopic (exact) mass is 177 g/mol. The van der Waals surface area contributed by atoms with E-state index in [4.69, 9.17) is 5.73 Å². The van der Waals surface area contributed by atoms with Crippen molar-refractivity contribution in [2.45, 2.75) is 19.4 Å². The van der Waals surface area contributed by atoms with Gasteiger partial charge in [0.2, 0.25) is 0 Å². The van der Waals surface area contributed by atoms with Gasteiger partial charge in [-0.2, -0.15) is 0 Å². The molecule has 0 heterocycles. The molecule has 2 heteroatoms. The van der Waals surface area contributed by atoms with Crippen molar-refractivity contribution in [2.24, 2.45) is 5.73 Å². The average molecular weight is 177 g/mol. The fraction of sp³-hybridized carbons (Fsp3) is 0.273. The molecule has 1 aromatic carbocycles. The lowest BCUT2D eigenvalue weighted by molar-refractivity contribution is 0.469. The molecule has 0 radical (unpaired) electrons. The Bertz CT molecular complexity index is 305. The first-order chi connectivity index (χ1) is 6.15. The van der Waals surface area contributed by atoms with E-state index in [9.17, 15) is 5.11 Å². The largest absolute Gasteiger partial charge is 0.508 e. The number of benzene rings is 1. The maximum Gasteiger partial charge on any atom is 0.119 e. The molecule has 0 saturated heterocycles. The van der Waals surface area contributed by atoms with Gasteiger partial charge in [-0.05, 0) is 30.5 Å². The van der Waals surface area contributed by atoms with Crippen molar-refractivity contribution in [3.05, 3.63) is 42.0 Å². The molecular formula is C11H15NO. The Kier molecular flexibility index (Phi) is 3.09. The second kappa shape index (κ2) is 4.10. The van der Waals surface area contributed by atoms with E-state index in [2.05, 4.69) is 6.58 Å². The molecule has 0 aliphatic carbocycles. The van der Waals surface area contributed by atoms with E-state index in [0.717, 1.165) is 11.1 Å². The highest BCUT2D eigenvalue weighted by Gasteiger charge is 2.03. The zero-order chi connectivity index (χ0) is 9.84. The Hall–Kier alpha value is -1.28. The minimum absolute atomic E-state index is 0.00386. The Balaban J connectivity index is 3.03. The number of allylic oxidation sites excluding steroid dienone is 1. The molecule has 1 atom stereocenters. The third kappa shape index (κ3) is 2.33. The number of aromatic hydroxyl groups is 1. The second-order valence-electron chi connectivity index (χ2n) is 3.17. The van der Waals surface area contributed by atoms with Crippen LogP contribution in [0.2, 0.25) is 0 Å². The fourth-order valence-electron chi connectivity index (χ4n) is 1.21. The van der Waals surface area contributed by atoms with Gasteiger partial charge in [0.25, 0.3) is 0 Å². The van der Waals surface area contributed by atoms with Crippen molar-refractivity contribution in [3.8, 4) is 5.75 Å². The molecule has 0 saturated carbocycles. The summed E-state index contributed by atoms with van der Waals surface area (Å²) in [5, 5.41) is 9.46. The third-order valence-electron chi connectivity index (χ3n) is 1.99. The molecule has 2 nitrogen and oxygen atoms in total. The van der Waals surface area contributed by atoms with Gasteiger partial charge in [-0.3, -0.25) is 0 Å². The number of rotatable bonds is 3. The van der Waals surface area contributed by atoms with Crippen molar-refractivity contribution < 1.29 is 5.11 Å². The maximum absolute atomic E-state index is 9.46. The van der Waals surface area contributed by atoms with Gasteiger partial charge in [0.15, 0.2) is 0 Å². The molecule has 0 unspecified atom stereocenters. The molecule has 1 rings (SSSR count). The van der Waals surface area contributed by atoms with Crippen molar-refractivity contribution in [3.63, 3.8) is 0 Å². The van der Waals surface area contributed by atoms with Crippen LogP contribution in [-0.2, 0) is 6.42 Å². The lowest BCUT2D eigenvalue weighted by Gasteiger charge is -2.08. The van der Waals surface area contributed by atoms with Crippen LogP contribution >= 0.6 is 0 Å². The Morgan fingerprint density at radius 3 is 2.85 bits per heavy atom. The van der Waals surface area contributed by atoms with Gasteiger partial charge < -0.3 is 10.8 Å². The van der Waals surface area contributed by atoms with E-state index in [0.29, 0.717) is 12.2 Å². The first kappa shape index (κ1) is 9.81. The topological polar surface area (TPSA) is 46.2 Å². The number of phenols is 1. The number of hydrogen-bond donors (Lipinski definition) is 2. The molecule has 0 aliphatic rings. The van der Waals surface area contributed by atoms with Crippen molar-refractivity contribution in [1.82, 2.24) is 0 Å². The van der Waals surface area contributed by atoms with E-state index in [1.165, 1.54) is 0 Å². The number of nitrogens with two attached hydrogens (primary N) is 1. The van der Waals surface area contributed by atoms with Crippen molar-refractivity contribution in [1.29, 1.82) is 0 Å². The Morgan fingerprint density at radius 1 is 1.62 bits per heavy atom. The van der Waals surface area contributed by atoms with Crippen LogP contribution in [0.25, 0.3) is 0 Å². The average Bonchev–Trinajstić information content (AvgIpc) is 2.08. The molecule has 0 aliphatic heterocycles. The normalized spacial score (nSPS) is 12.5. The molecule has 0 amide bonds. The van der Waals surface area contributed by atoms with Gasteiger partial charge in [-0.1, -0.05) is 18.2 Å². The highest BCUT2D eigenvalue weighted by Crippen LogP contribution is 2.21. The van der Waals surface area contributed by atoms with Crippen molar-refractivity contribution >= 4 is 0 Å². The number of hydrogen-bond acceptors (Lipinski definition) is 2. The quantitative estimate of drug-likeness (QED) is 0.695. The predicted molar refractivity (Wildman–Crippen MR) is 54.6 cm³/mol. The van der Waals surface area contributed by atoms with Crippen LogP contribution in [0.5, 0.6) is 5.75 Å². The summed E-state index contributed by atoms with van der Waals surface area (Å²) in [7, 11) is 0. The van der Waals surface area contributed by atoms with Crippen LogP contribution in [0.1, 0.15) is 24.1 Å². The molecule has 70 valence electrons. The minimum Gasteiger partial charge on any atom is -0.508 e. The minimum atomic E-state index is 0.00386. The fourth-order valence-corrected chi connectivity index (χ4v) is 1.21. The lowest BCUT2D eigenvalue weighted by Crippen LogP contribution is -2.05. The Labute approximate surface area is 78.7 Å². The van der Waals surface area contributed by atoms with E-state index in [1.54, 1.807) is 12.1 Å². The summed E-state index contributed by atoms with van der Waals surface area (Å²) >= 11 is 0. The van der Waals surface area contributed by atoms with E-state index in [1.807, 2.05) is 19.1 Å². The molecule has 3 N–H and O–H groups in total. The first-order valence-electron chi connectivity index (χ1n) is 4.33. The first-order valence-corrected chi connectivity index (χ1v) is 4.33. The summed E-state index contributed by atoms with van der Waals surface area (Å²) in [5.41, 5.74) is 7.64. The molecule has 13 heavy (non-hydrogen) atoms. The standard InChI is InChI=1S/C11H15NO/c1-3-4-10-7-9(8(2)12)5-6-11(10)13/h3,5-8,13H,1,4,12H2,2H3/t8-/m0/s1. The summed E-state index contributed by atoms with van der Waals surface area (Å²) in [4.78, 5) is 0. The molecule has 0 fully saturated rings. The molecule has 0 bridgehead atoms. The highest BCUT2D eigenvalue weighted by atomic mass is 16.3. The van der Waals surface area contributed by atoms with E-state index >= 15 is 0 Å². The second-order valence-corrected chi connectivity index (χ2v) is 3.17. The molecule has 1 aromatic rings. The van der Waals surface area contributed by atoms with Gasteiger partial charge in [0, 0.05) is 6.04 Å². The zero-order valence-corrected chi connectivity index (χ0v) is 7.83. The third-order valence-corrected chi connectivity index (χ3v) is 1.99. The summed E-state index contributed by atoms with van der Waals surface area (Å²) in [6, 6.07) is 5.44. The van der Waals surface area contributed by atoms with Gasteiger partial charge in [0.05, 0.1) is 0 Å².